The number of rotatable bonds is 3. The Kier molecular flexibility index (Phi) is 2.99. The van der Waals surface area contributed by atoms with E-state index in [1.165, 1.54) is 24.3 Å². The van der Waals surface area contributed by atoms with Crippen molar-refractivity contribution in [2.24, 2.45) is 0 Å². The second-order valence-corrected chi connectivity index (χ2v) is 2.18. The summed E-state index contributed by atoms with van der Waals surface area (Å²) < 4.78 is 28.6. The van der Waals surface area contributed by atoms with E-state index in [9.17, 15) is 8.78 Å². The van der Waals surface area contributed by atoms with Gasteiger partial charge in [0, 0.05) is 0 Å². The van der Waals surface area contributed by atoms with Crippen LogP contribution in [0.15, 0.2) is 24.3 Å². The molecule has 12 heavy (non-hydrogen) atoms. The summed E-state index contributed by atoms with van der Waals surface area (Å²) in [6.07, 6.45) is -1.48. The summed E-state index contributed by atoms with van der Waals surface area (Å²) in [5.41, 5.74) is 0. The fraction of sp³-hybridized carbons (Fsp3) is 0.250. The van der Waals surface area contributed by atoms with Gasteiger partial charge in [0.2, 0.25) is 6.29 Å². The molecule has 2 nitrogen and oxygen atoms in total. The van der Waals surface area contributed by atoms with Crippen LogP contribution in [-0.4, -0.2) is 18.1 Å². The van der Waals surface area contributed by atoms with Crippen LogP contribution in [0.5, 0.6) is 5.75 Å². The van der Waals surface area contributed by atoms with E-state index in [2.05, 4.69) is 4.74 Å². The molecule has 0 aliphatic carbocycles. The summed E-state index contributed by atoms with van der Waals surface area (Å²) in [4.78, 5) is 0. The highest BCUT2D eigenvalue weighted by Crippen LogP contribution is 2.12. The molecule has 66 valence electrons. The van der Waals surface area contributed by atoms with E-state index in [-0.39, 0.29) is 5.75 Å². The second kappa shape index (κ2) is 4.01. The maximum Gasteiger partial charge on any atom is 0.226 e. The number of halogens is 2. The van der Waals surface area contributed by atoms with Gasteiger partial charge in [-0.1, -0.05) is 0 Å². The minimum absolute atomic E-state index is 0.238. The molecule has 4 heteroatoms. The zero-order valence-corrected chi connectivity index (χ0v) is 6.21. The summed E-state index contributed by atoms with van der Waals surface area (Å²) in [6.45, 7) is -0.989. The molecule has 1 N–H and O–H groups in total. The lowest BCUT2D eigenvalue weighted by atomic mass is 10.3. The summed E-state index contributed by atoms with van der Waals surface area (Å²) >= 11 is 0. The quantitative estimate of drug-likeness (QED) is 0.703. The topological polar surface area (TPSA) is 29.5 Å². The molecular weight excluding hydrogens is 166 g/mol. The van der Waals surface area contributed by atoms with E-state index < -0.39 is 18.8 Å². The van der Waals surface area contributed by atoms with Crippen LogP contribution in [0, 0.1) is 5.82 Å². The molecule has 0 spiro atoms. The van der Waals surface area contributed by atoms with Gasteiger partial charge in [-0.05, 0) is 24.3 Å². The van der Waals surface area contributed by atoms with Gasteiger partial charge in [-0.3, -0.25) is 0 Å². The van der Waals surface area contributed by atoms with Gasteiger partial charge in [0.1, 0.15) is 11.6 Å². The molecule has 1 rings (SSSR count). The number of benzene rings is 1. The first kappa shape index (κ1) is 8.93. The number of ether oxygens (including phenoxy) is 1. The van der Waals surface area contributed by atoms with Gasteiger partial charge in [-0.25, -0.2) is 8.78 Å². The summed E-state index contributed by atoms with van der Waals surface area (Å²) in [5, 5.41) is 8.69. The Morgan fingerprint density at radius 3 is 2.42 bits per heavy atom. The lowest BCUT2D eigenvalue weighted by molar-refractivity contribution is -0.0336. The molecule has 0 heterocycles. The maximum atomic E-state index is 12.3. The van der Waals surface area contributed by atoms with Crippen molar-refractivity contribution in [1.82, 2.24) is 0 Å². The molecule has 0 radical (unpaired) electrons. The molecule has 1 unspecified atom stereocenters. The van der Waals surface area contributed by atoms with Crippen LogP contribution in [-0.2, 0) is 0 Å². The van der Waals surface area contributed by atoms with Crippen molar-refractivity contribution in [2.45, 2.75) is 6.29 Å². The Balaban J connectivity index is 2.58. The van der Waals surface area contributed by atoms with Crippen molar-refractivity contribution in [2.75, 3.05) is 6.67 Å². The van der Waals surface area contributed by atoms with Crippen molar-refractivity contribution in [3.63, 3.8) is 0 Å². The molecule has 0 saturated heterocycles. The van der Waals surface area contributed by atoms with Crippen LogP contribution in [0.2, 0.25) is 0 Å². The predicted molar refractivity (Wildman–Crippen MR) is 39.0 cm³/mol. The summed E-state index contributed by atoms with van der Waals surface area (Å²) in [5.74, 6) is -0.168. The fourth-order valence-electron chi connectivity index (χ4n) is 0.702. The van der Waals surface area contributed by atoms with Crippen LogP contribution in [0.25, 0.3) is 0 Å². The molecule has 0 fully saturated rings. The minimum atomic E-state index is -1.48. The zero-order valence-electron chi connectivity index (χ0n) is 6.21. The van der Waals surface area contributed by atoms with Gasteiger partial charge in [-0.15, -0.1) is 0 Å². The number of alkyl halides is 1. The Labute approximate surface area is 68.4 Å². The Hall–Kier alpha value is -1.16. The molecular formula is C8H8F2O2. The average molecular weight is 174 g/mol. The van der Waals surface area contributed by atoms with Crippen molar-refractivity contribution in [1.29, 1.82) is 0 Å². The van der Waals surface area contributed by atoms with E-state index >= 15 is 0 Å². The van der Waals surface area contributed by atoms with Crippen LogP contribution in [0.3, 0.4) is 0 Å². The Bertz CT molecular complexity index is 235. The lowest BCUT2D eigenvalue weighted by Gasteiger charge is -2.08. The maximum absolute atomic E-state index is 12.3. The van der Waals surface area contributed by atoms with Crippen molar-refractivity contribution < 1.29 is 18.6 Å². The first-order valence-electron chi connectivity index (χ1n) is 3.38. The monoisotopic (exact) mass is 174 g/mol. The third-order valence-electron chi connectivity index (χ3n) is 1.22. The van der Waals surface area contributed by atoms with Gasteiger partial charge in [0.15, 0.2) is 6.67 Å². The third kappa shape index (κ3) is 2.47. The van der Waals surface area contributed by atoms with Crippen molar-refractivity contribution in [3.05, 3.63) is 30.1 Å². The molecule has 0 aliphatic heterocycles. The number of aliphatic hydroxyl groups excluding tert-OH is 1. The van der Waals surface area contributed by atoms with E-state index in [0.29, 0.717) is 0 Å². The molecule has 0 bridgehead atoms. The van der Waals surface area contributed by atoms with Gasteiger partial charge in [-0.2, -0.15) is 0 Å². The van der Waals surface area contributed by atoms with Gasteiger partial charge in [0.25, 0.3) is 0 Å². The van der Waals surface area contributed by atoms with E-state index in [4.69, 9.17) is 5.11 Å². The van der Waals surface area contributed by atoms with Crippen molar-refractivity contribution in [3.8, 4) is 5.75 Å². The third-order valence-corrected chi connectivity index (χ3v) is 1.22. The minimum Gasteiger partial charge on any atom is -0.462 e. The SMILES string of the molecule is OC(CF)Oc1ccc(F)cc1. The molecule has 1 aromatic carbocycles. The normalized spacial score (nSPS) is 12.6. The van der Waals surface area contributed by atoms with E-state index in [1.54, 1.807) is 0 Å². The Morgan fingerprint density at radius 1 is 1.33 bits per heavy atom. The summed E-state index contributed by atoms with van der Waals surface area (Å²) in [7, 11) is 0. The van der Waals surface area contributed by atoms with E-state index in [1.807, 2.05) is 0 Å². The number of aliphatic hydroxyl groups is 1. The molecule has 0 aromatic heterocycles. The highest BCUT2D eigenvalue weighted by molar-refractivity contribution is 5.22. The fourth-order valence-corrected chi connectivity index (χ4v) is 0.702. The largest absolute Gasteiger partial charge is 0.462 e. The lowest BCUT2D eigenvalue weighted by Crippen LogP contribution is -2.17. The first-order valence-corrected chi connectivity index (χ1v) is 3.38. The standard InChI is InChI=1S/C8H8F2O2/c9-5-8(11)12-7-3-1-6(10)2-4-7/h1-4,8,11H,5H2. The molecule has 0 saturated carbocycles. The highest BCUT2D eigenvalue weighted by Gasteiger charge is 2.03. The summed E-state index contributed by atoms with van der Waals surface area (Å²) in [6, 6.07) is 4.96. The number of hydrogen-bond donors (Lipinski definition) is 1. The molecule has 1 atom stereocenters. The van der Waals surface area contributed by atoms with Gasteiger partial charge >= 0.3 is 0 Å². The Morgan fingerprint density at radius 2 is 1.92 bits per heavy atom. The van der Waals surface area contributed by atoms with Crippen LogP contribution >= 0.6 is 0 Å². The smallest absolute Gasteiger partial charge is 0.226 e. The zero-order chi connectivity index (χ0) is 8.97. The van der Waals surface area contributed by atoms with Crippen LogP contribution in [0.4, 0.5) is 8.78 Å². The van der Waals surface area contributed by atoms with E-state index in [0.717, 1.165) is 0 Å². The second-order valence-electron chi connectivity index (χ2n) is 2.18. The molecule has 0 amide bonds. The molecule has 1 aromatic rings. The molecule has 0 aliphatic rings. The number of hydrogen-bond acceptors (Lipinski definition) is 2. The van der Waals surface area contributed by atoms with Crippen LogP contribution < -0.4 is 4.74 Å². The highest BCUT2D eigenvalue weighted by atomic mass is 19.1. The van der Waals surface area contributed by atoms with Crippen molar-refractivity contribution >= 4 is 0 Å². The van der Waals surface area contributed by atoms with Gasteiger partial charge in [0.05, 0.1) is 0 Å². The first-order chi connectivity index (χ1) is 5.72. The van der Waals surface area contributed by atoms with Crippen LogP contribution in [0.1, 0.15) is 0 Å². The van der Waals surface area contributed by atoms with Gasteiger partial charge < -0.3 is 9.84 Å². The average Bonchev–Trinajstić information content (AvgIpc) is 2.09. The predicted octanol–water partition coefficient (Wildman–Crippen LogP) is 1.49.